The highest BCUT2D eigenvalue weighted by atomic mass is 16.8. The third kappa shape index (κ3) is 45.2. The maximum atomic E-state index is 12.5. The van der Waals surface area contributed by atoms with E-state index in [-0.39, 0.29) is 79.3 Å². The Morgan fingerprint density at radius 2 is 0.495 bits per heavy atom. The molecule has 0 saturated carbocycles. The lowest BCUT2D eigenvalue weighted by atomic mass is 9.92. The minimum Gasteiger partial charge on any atom is -0.463 e. The topological polar surface area (TPSA) is 303 Å². The lowest BCUT2D eigenvalue weighted by molar-refractivity contribution is -0.309. The summed E-state index contributed by atoms with van der Waals surface area (Å²) in [6.07, 6.45) is 21.3. The molecular formula is C73H128O26. The molecule has 2 fully saturated rings. The van der Waals surface area contributed by atoms with Crippen molar-refractivity contribution >= 4 is 47.8 Å². The van der Waals surface area contributed by atoms with Gasteiger partial charge in [-0.2, -0.15) is 0 Å². The van der Waals surface area contributed by atoms with Crippen LogP contribution in [0, 0.1) is 5.41 Å². The minimum atomic E-state index is -1.40. The van der Waals surface area contributed by atoms with Crippen LogP contribution >= 0.6 is 0 Å². The molecule has 2 aliphatic rings. The summed E-state index contributed by atoms with van der Waals surface area (Å²) in [5.41, 5.74) is -0.805. The van der Waals surface area contributed by atoms with Crippen LogP contribution < -0.4 is 0 Å². The first kappa shape index (κ1) is 90.4. The Morgan fingerprint density at radius 3 is 0.778 bits per heavy atom. The highest BCUT2D eigenvalue weighted by Gasteiger charge is 2.54. The van der Waals surface area contributed by atoms with Crippen LogP contribution in [0.1, 0.15) is 249 Å². The van der Waals surface area contributed by atoms with Crippen LogP contribution in [0.25, 0.3) is 0 Å². The Kier molecular flexibility index (Phi) is 52.8. The zero-order chi connectivity index (χ0) is 72.7. The van der Waals surface area contributed by atoms with Gasteiger partial charge in [-0.3, -0.25) is 38.4 Å². The summed E-state index contributed by atoms with van der Waals surface area (Å²) in [6, 6.07) is 0. The van der Waals surface area contributed by atoms with E-state index in [9.17, 15) is 38.4 Å². The Morgan fingerprint density at radius 1 is 0.263 bits per heavy atom. The van der Waals surface area contributed by atoms with Crippen molar-refractivity contribution in [2.75, 3.05) is 106 Å². The van der Waals surface area contributed by atoms with E-state index < -0.39 is 128 Å². The van der Waals surface area contributed by atoms with Gasteiger partial charge in [0.2, 0.25) is 0 Å². The van der Waals surface area contributed by atoms with Crippen LogP contribution in [0.2, 0.25) is 0 Å². The molecular weight excluding hydrogens is 1290 g/mol. The Bertz CT molecular complexity index is 2110. The van der Waals surface area contributed by atoms with Crippen LogP contribution in [0.5, 0.6) is 0 Å². The third-order valence-electron chi connectivity index (χ3n) is 16.6. The molecule has 26 heteroatoms. The van der Waals surface area contributed by atoms with Crippen LogP contribution in [0.3, 0.4) is 0 Å². The zero-order valence-corrected chi connectivity index (χ0v) is 62.0. The second kappa shape index (κ2) is 57.8. The van der Waals surface area contributed by atoms with E-state index in [0.717, 1.165) is 80.1 Å². The fourth-order valence-electron chi connectivity index (χ4n) is 11.7. The predicted octanol–water partition coefficient (Wildman–Crippen LogP) is 11.2. The van der Waals surface area contributed by atoms with Gasteiger partial charge < -0.3 is 85.3 Å². The summed E-state index contributed by atoms with van der Waals surface area (Å²) in [7, 11) is 0. The van der Waals surface area contributed by atoms with E-state index in [1.807, 2.05) is 0 Å². The fraction of sp³-hybridized carbons (Fsp3) is 0.890. The van der Waals surface area contributed by atoms with Crippen LogP contribution in [0.4, 0.5) is 0 Å². The number of ether oxygens (including phenoxy) is 18. The molecule has 0 aliphatic carbocycles. The van der Waals surface area contributed by atoms with Gasteiger partial charge in [0.15, 0.2) is 49.2 Å². The van der Waals surface area contributed by atoms with Crippen LogP contribution in [0.15, 0.2) is 0 Å². The monoisotopic (exact) mass is 1420 g/mol. The minimum absolute atomic E-state index is 0.0108. The van der Waals surface area contributed by atoms with Gasteiger partial charge in [-0.25, -0.2) is 0 Å². The first-order chi connectivity index (χ1) is 47.7. The quantitative estimate of drug-likeness (QED) is 0.0310. The maximum Gasteiger partial charge on any atom is 0.303 e. The molecule has 0 aromatic heterocycles. The van der Waals surface area contributed by atoms with Gasteiger partial charge in [-0.15, -0.1) is 0 Å². The molecule has 10 atom stereocenters. The number of unbranched alkanes of at least 4 members (excludes halogenated alkanes) is 26. The largest absolute Gasteiger partial charge is 0.463 e. The number of carbonyl (C=O) groups is 8. The third-order valence-corrected chi connectivity index (χ3v) is 16.6. The summed E-state index contributed by atoms with van der Waals surface area (Å²) in [5.74, 6) is -5.83. The lowest BCUT2D eigenvalue weighted by Gasteiger charge is -2.44. The van der Waals surface area contributed by atoms with E-state index in [1.165, 1.54) is 155 Å². The molecule has 0 aromatic rings. The van der Waals surface area contributed by atoms with Crippen molar-refractivity contribution in [2.45, 2.75) is 310 Å². The molecule has 0 aromatic carbocycles. The number of esters is 8. The first-order valence-electron chi connectivity index (χ1n) is 37.0. The zero-order valence-electron chi connectivity index (χ0n) is 62.0. The van der Waals surface area contributed by atoms with Gasteiger partial charge >= 0.3 is 47.8 Å². The van der Waals surface area contributed by atoms with Gasteiger partial charge in [-0.1, -0.05) is 181 Å². The average molecular weight is 1420 g/mol. The van der Waals surface area contributed by atoms with E-state index in [4.69, 9.17) is 85.3 Å². The summed E-state index contributed by atoms with van der Waals surface area (Å²) in [6.45, 7) is 15.3. The SMILES string of the molecule is CCCCCCCCCCCCCCCCOCC(COCCCCCCCCCCCCCCCC)(COCCOCCOCCO[C@H]1O[C@H](COC(C)=O)[C@@H](OC(C)=O)[C@H](OC(C)=O)[C@@H]1OC(C)=O)COCCO[C@H]1O[C@H](COC(C)=O)[C@@H](OC(C)=O)[C@H](OC(C)=O)[C@@H]1OC(C)=O. The van der Waals surface area contributed by atoms with Gasteiger partial charge in [0.05, 0.1) is 84.7 Å². The Hall–Kier alpha value is -4.64. The molecule has 2 rings (SSSR count). The van der Waals surface area contributed by atoms with E-state index >= 15 is 0 Å². The fourth-order valence-corrected chi connectivity index (χ4v) is 11.7. The highest BCUT2D eigenvalue weighted by Crippen LogP contribution is 2.32. The van der Waals surface area contributed by atoms with Crippen molar-refractivity contribution in [1.29, 1.82) is 0 Å². The van der Waals surface area contributed by atoms with E-state index in [1.54, 1.807) is 0 Å². The smallest absolute Gasteiger partial charge is 0.303 e. The van der Waals surface area contributed by atoms with E-state index in [0.29, 0.717) is 13.2 Å². The summed E-state index contributed by atoms with van der Waals surface area (Å²) < 4.78 is 105. The second-order valence-corrected chi connectivity index (χ2v) is 26.0. The molecule has 0 N–H and O–H groups in total. The molecule has 99 heavy (non-hydrogen) atoms. The van der Waals surface area contributed by atoms with Crippen molar-refractivity contribution in [3.05, 3.63) is 0 Å². The number of hydrogen-bond acceptors (Lipinski definition) is 26. The highest BCUT2D eigenvalue weighted by molar-refractivity contribution is 5.70. The maximum absolute atomic E-state index is 12.5. The molecule has 0 radical (unpaired) electrons. The normalized spacial score (nSPS) is 20.7. The standard InChI is InChI=1S/C73H128O26/c1-11-13-15-17-19-21-23-25-27-29-31-33-35-37-39-84-51-73(52-85-40-38-36-34-32-30-28-26-24-22-20-18-16-14-12-2,54-87-46-48-89-72-70(97-62(10)81)68(95-60(8)79)66(93-58(6)77)64(99-72)50-91-56(4)75)53-86-44-43-82-41-42-83-45-47-88-71-69(96-61(9)80)67(94-59(7)78)65(92-57(5)76)63(98-71)49-90-55(3)74/h63-72H,11-54H2,1-10H3/t63-,64-,65-,66-,67+,68+,69+,70+,71+,72+/m1/s1. The van der Waals surface area contributed by atoms with Crippen molar-refractivity contribution in [1.82, 2.24) is 0 Å². The predicted molar refractivity (Wildman–Crippen MR) is 364 cm³/mol. The van der Waals surface area contributed by atoms with Crippen molar-refractivity contribution in [3.63, 3.8) is 0 Å². The van der Waals surface area contributed by atoms with Crippen molar-refractivity contribution < 1.29 is 124 Å². The molecule has 576 valence electrons. The van der Waals surface area contributed by atoms with Crippen molar-refractivity contribution in [3.8, 4) is 0 Å². The van der Waals surface area contributed by atoms with Gasteiger partial charge in [-0.05, 0) is 12.8 Å². The van der Waals surface area contributed by atoms with Crippen molar-refractivity contribution in [2.24, 2.45) is 5.41 Å². The molecule has 0 bridgehead atoms. The van der Waals surface area contributed by atoms with Crippen LogP contribution in [-0.2, 0) is 124 Å². The number of hydrogen-bond donors (Lipinski definition) is 0. The molecule has 0 spiro atoms. The lowest BCUT2D eigenvalue weighted by Crippen LogP contribution is -2.63. The summed E-state index contributed by atoms with van der Waals surface area (Å²) >= 11 is 0. The molecule has 0 unspecified atom stereocenters. The molecule has 26 nitrogen and oxygen atoms in total. The number of carbonyl (C=O) groups excluding carboxylic acids is 8. The van der Waals surface area contributed by atoms with Crippen LogP contribution in [-0.4, -0.2) is 215 Å². The summed E-state index contributed by atoms with van der Waals surface area (Å²) in [4.78, 5) is 97.7. The molecule has 2 aliphatic heterocycles. The molecule has 0 amide bonds. The Balaban J connectivity index is 2.21. The number of rotatable bonds is 62. The Labute approximate surface area is 590 Å². The van der Waals surface area contributed by atoms with Gasteiger partial charge in [0.1, 0.15) is 25.4 Å². The van der Waals surface area contributed by atoms with E-state index in [2.05, 4.69) is 13.8 Å². The van der Waals surface area contributed by atoms with Gasteiger partial charge in [0.25, 0.3) is 0 Å². The molecule has 2 saturated heterocycles. The molecule has 2 heterocycles. The average Bonchev–Trinajstić information content (AvgIpc) is 0.795. The first-order valence-corrected chi connectivity index (χ1v) is 37.0. The van der Waals surface area contributed by atoms with Gasteiger partial charge in [0, 0.05) is 68.6 Å². The summed E-state index contributed by atoms with van der Waals surface area (Å²) in [5, 5.41) is 0. The second-order valence-electron chi connectivity index (χ2n) is 26.0.